The van der Waals surface area contributed by atoms with Gasteiger partial charge in [0.25, 0.3) is 5.91 Å². The van der Waals surface area contributed by atoms with Crippen LogP contribution in [0.1, 0.15) is 37.0 Å². The molecule has 3 nitrogen and oxygen atoms in total. The molecule has 1 N–H and O–H groups in total. The lowest BCUT2D eigenvalue weighted by Gasteiger charge is -2.27. The van der Waals surface area contributed by atoms with Gasteiger partial charge >= 0.3 is 0 Å². The molecular weight excluding hydrogens is 233 g/mol. The number of hydrogen-bond acceptors (Lipinski definition) is 2. The Morgan fingerprint density at radius 1 is 1.50 bits per heavy atom. The Balaban J connectivity index is 2.26. The summed E-state index contributed by atoms with van der Waals surface area (Å²) in [6.07, 6.45) is 2.25. The summed E-state index contributed by atoms with van der Waals surface area (Å²) in [7, 11) is 0. The first-order valence-electron chi connectivity index (χ1n) is 6.29. The predicted octanol–water partition coefficient (Wildman–Crippen LogP) is 2.79. The van der Waals surface area contributed by atoms with Crippen LogP contribution in [0.25, 0.3) is 0 Å². The van der Waals surface area contributed by atoms with Crippen molar-refractivity contribution in [2.75, 3.05) is 6.54 Å². The quantitative estimate of drug-likeness (QED) is 0.894. The average Bonchev–Trinajstić information content (AvgIpc) is 3.08. The van der Waals surface area contributed by atoms with Crippen LogP contribution in [0.15, 0.2) is 18.2 Å². The molecule has 1 amide bonds. The maximum absolute atomic E-state index is 13.7. The molecule has 0 saturated heterocycles. The fourth-order valence-corrected chi connectivity index (χ4v) is 1.97. The van der Waals surface area contributed by atoms with E-state index in [0.717, 1.165) is 12.8 Å². The van der Waals surface area contributed by atoms with Gasteiger partial charge in [0.1, 0.15) is 17.1 Å². The largest absolute Gasteiger partial charge is 0.507 e. The standard InChI is InChI=1S/C14H18FNO2/c1-9(2)16(8-10-6-7-10)14(18)13-11(15)4-3-5-12(13)17/h3-5,9-10,17H,6-8H2,1-2H3. The molecule has 0 bridgehead atoms. The molecule has 0 aliphatic heterocycles. The third kappa shape index (κ3) is 2.63. The summed E-state index contributed by atoms with van der Waals surface area (Å²) in [5.41, 5.74) is -0.216. The second-order valence-corrected chi connectivity index (χ2v) is 5.13. The lowest BCUT2D eigenvalue weighted by atomic mass is 10.1. The highest BCUT2D eigenvalue weighted by Crippen LogP contribution is 2.31. The maximum atomic E-state index is 13.7. The maximum Gasteiger partial charge on any atom is 0.260 e. The molecule has 0 radical (unpaired) electrons. The minimum absolute atomic E-state index is 0.00268. The number of benzene rings is 1. The summed E-state index contributed by atoms with van der Waals surface area (Å²) < 4.78 is 13.7. The lowest BCUT2D eigenvalue weighted by Crippen LogP contribution is -2.39. The van der Waals surface area contributed by atoms with E-state index >= 15 is 0 Å². The number of phenols is 1. The van der Waals surface area contributed by atoms with Crippen LogP contribution in [-0.4, -0.2) is 28.5 Å². The molecule has 2 rings (SSSR count). The molecule has 1 aromatic rings. The van der Waals surface area contributed by atoms with Gasteiger partial charge < -0.3 is 10.0 Å². The third-order valence-corrected chi connectivity index (χ3v) is 3.24. The van der Waals surface area contributed by atoms with Crippen LogP contribution in [0, 0.1) is 11.7 Å². The van der Waals surface area contributed by atoms with Crippen LogP contribution in [0.5, 0.6) is 5.75 Å². The number of phenolic OH excluding ortho intramolecular Hbond substituents is 1. The fourth-order valence-electron chi connectivity index (χ4n) is 1.97. The lowest BCUT2D eigenvalue weighted by molar-refractivity contribution is 0.0688. The van der Waals surface area contributed by atoms with Gasteiger partial charge in [0.15, 0.2) is 0 Å². The second-order valence-electron chi connectivity index (χ2n) is 5.13. The Hall–Kier alpha value is -1.58. The van der Waals surface area contributed by atoms with E-state index in [-0.39, 0.29) is 17.4 Å². The van der Waals surface area contributed by atoms with Crippen LogP contribution in [0.3, 0.4) is 0 Å². The molecule has 1 saturated carbocycles. The van der Waals surface area contributed by atoms with E-state index in [9.17, 15) is 14.3 Å². The SMILES string of the molecule is CC(C)N(CC1CC1)C(=O)c1c(O)cccc1F. The highest BCUT2D eigenvalue weighted by molar-refractivity contribution is 5.97. The Bertz CT molecular complexity index is 435. The van der Waals surface area contributed by atoms with Crippen LogP contribution in [-0.2, 0) is 0 Å². The van der Waals surface area contributed by atoms with Gasteiger partial charge in [0.2, 0.25) is 0 Å². The Labute approximate surface area is 106 Å². The van der Waals surface area contributed by atoms with Crippen molar-refractivity contribution in [3.63, 3.8) is 0 Å². The Morgan fingerprint density at radius 3 is 2.67 bits per heavy atom. The number of hydrogen-bond donors (Lipinski definition) is 1. The molecule has 18 heavy (non-hydrogen) atoms. The fraction of sp³-hybridized carbons (Fsp3) is 0.500. The number of carbonyl (C=O) groups is 1. The van der Waals surface area contributed by atoms with Gasteiger partial charge in [0, 0.05) is 12.6 Å². The smallest absolute Gasteiger partial charge is 0.260 e. The summed E-state index contributed by atoms with van der Waals surface area (Å²) in [6.45, 7) is 4.45. The average molecular weight is 251 g/mol. The van der Waals surface area contributed by atoms with E-state index in [1.54, 1.807) is 4.90 Å². The number of carbonyl (C=O) groups excluding carboxylic acids is 1. The molecule has 0 heterocycles. The number of nitrogens with zero attached hydrogens (tertiary/aromatic N) is 1. The zero-order valence-corrected chi connectivity index (χ0v) is 10.7. The van der Waals surface area contributed by atoms with Crippen molar-refractivity contribution in [3.8, 4) is 5.75 Å². The molecular formula is C14H18FNO2. The molecule has 4 heteroatoms. The molecule has 0 aromatic heterocycles. The summed E-state index contributed by atoms with van der Waals surface area (Å²) in [5, 5.41) is 9.65. The van der Waals surface area contributed by atoms with Gasteiger partial charge in [-0.3, -0.25) is 4.79 Å². The van der Waals surface area contributed by atoms with Gasteiger partial charge in [-0.25, -0.2) is 4.39 Å². The third-order valence-electron chi connectivity index (χ3n) is 3.24. The van der Waals surface area contributed by atoms with E-state index in [2.05, 4.69) is 0 Å². The summed E-state index contributed by atoms with van der Waals surface area (Å²) in [4.78, 5) is 14.0. The summed E-state index contributed by atoms with van der Waals surface area (Å²) in [6, 6.07) is 3.92. The predicted molar refractivity (Wildman–Crippen MR) is 67.0 cm³/mol. The first-order chi connectivity index (χ1) is 8.50. The molecule has 0 spiro atoms. The van der Waals surface area contributed by atoms with Crippen LogP contribution >= 0.6 is 0 Å². The Kier molecular flexibility index (Phi) is 3.55. The van der Waals surface area contributed by atoms with Crippen molar-refractivity contribution in [2.24, 2.45) is 5.92 Å². The van der Waals surface area contributed by atoms with Crippen molar-refractivity contribution < 1.29 is 14.3 Å². The van der Waals surface area contributed by atoms with Crippen LogP contribution < -0.4 is 0 Å². The van der Waals surface area contributed by atoms with E-state index in [4.69, 9.17) is 0 Å². The summed E-state index contributed by atoms with van der Waals surface area (Å²) in [5.74, 6) is -0.847. The van der Waals surface area contributed by atoms with Crippen molar-refractivity contribution >= 4 is 5.91 Å². The first kappa shape index (κ1) is 12.9. The van der Waals surface area contributed by atoms with Gasteiger partial charge in [-0.2, -0.15) is 0 Å². The second kappa shape index (κ2) is 4.96. The van der Waals surface area contributed by atoms with Crippen LogP contribution in [0.4, 0.5) is 4.39 Å². The van der Waals surface area contributed by atoms with Crippen LogP contribution in [0.2, 0.25) is 0 Å². The van der Waals surface area contributed by atoms with Crippen molar-refractivity contribution in [3.05, 3.63) is 29.6 Å². The normalized spacial score (nSPS) is 14.9. The number of halogens is 1. The molecule has 1 aromatic carbocycles. The zero-order chi connectivity index (χ0) is 13.3. The number of aromatic hydroxyl groups is 1. The molecule has 1 aliphatic rings. The number of rotatable bonds is 4. The molecule has 1 aliphatic carbocycles. The molecule has 1 fully saturated rings. The summed E-state index contributed by atoms with van der Waals surface area (Å²) >= 11 is 0. The molecule has 0 unspecified atom stereocenters. The van der Waals surface area contributed by atoms with Crippen molar-refractivity contribution in [1.82, 2.24) is 4.90 Å². The van der Waals surface area contributed by atoms with Crippen molar-refractivity contribution in [2.45, 2.75) is 32.7 Å². The topological polar surface area (TPSA) is 40.5 Å². The van der Waals surface area contributed by atoms with E-state index in [1.165, 1.54) is 18.2 Å². The van der Waals surface area contributed by atoms with Gasteiger partial charge in [-0.1, -0.05) is 6.07 Å². The Morgan fingerprint density at radius 2 is 2.17 bits per heavy atom. The van der Waals surface area contributed by atoms with Gasteiger partial charge in [-0.15, -0.1) is 0 Å². The van der Waals surface area contributed by atoms with Crippen molar-refractivity contribution in [1.29, 1.82) is 0 Å². The van der Waals surface area contributed by atoms with E-state index < -0.39 is 11.7 Å². The molecule has 0 atom stereocenters. The minimum atomic E-state index is -0.665. The zero-order valence-electron chi connectivity index (χ0n) is 10.7. The monoisotopic (exact) mass is 251 g/mol. The van der Waals surface area contributed by atoms with Gasteiger partial charge in [-0.05, 0) is 44.7 Å². The highest BCUT2D eigenvalue weighted by Gasteiger charge is 2.30. The first-order valence-corrected chi connectivity index (χ1v) is 6.29. The molecule has 98 valence electrons. The van der Waals surface area contributed by atoms with Gasteiger partial charge in [0.05, 0.1) is 0 Å². The van der Waals surface area contributed by atoms with E-state index in [1.807, 2.05) is 13.8 Å². The minimum Gasteiger partial charge on any atom is -0.507 e. The number of amides is 1. The van der Waals surface area contributed by atoms with E-state index in [0.29, 0.717) is 12.5 Å². The highest BCUT2D eigenvalue weighted by atomic mass is 19.1.